The van der Waals surface area contributed by atoms with Crippen molar-refractivity contribution in [2.75, 3.05) is 6.61 Å². The zero-order valence-corrected chi connectivity index (χ0v) is 22.1. The van der Waals surface area contributed by atoms with Crippen LogP contribution in [0.1, 0.15) is 86.0 Å². The average Bonchev–Trinajstić information content (AvgIpc) is 2.70. The number of ether oxygens (including phenoxy) is 2. The van der Waals surface area contributed by atoms with Crippen LogP contribution < -0.4 is 0 Å². The van der Waals surface area contributed by atoms with Crippen molar-refractivity contribution in [1.82, 2.24) is 0 Å². The number of unbranched alkanes of at least 4 members (excludes halogenated alkanes) is 3. The molecular weight excluding hydrogens is 455 g/mol. The molecule has 2 bridgehead atoms. The van der Waals surface area contributed by atoms with Crippen LogP contribution in [0.15, 0.2) is 10.2 Å². The SMILES string of the molecule is CCC[CH2][Sn](/[CH]=C/[C@@H]1OC2(C)CC[C@@H](CO)[C@H](O2)[C@H]1C)([CH2]CCC)[CH2]CCC. The molecule has 3 nitrogen and oxygen atoms in total. The van der Waals surface area contributed by atoms with Crippen LogP contribution in [0.25, 0.3) is 0 Å². The Kier molecular flexibility index (Phi) is 10.3. The fourth-order valence-electron chi connectivity index (χ4n) is 5.18. The first-order valence-corrected chi connectivity index (χ1v) is 19.8. The van der Waals surface area contributed by atoms with Crippen molar-refractivity contribution in [2.45, 2.75) is 117 Å². The van der Waals surface area contributed by atoms with E-state index in [-0.39, 0.29) is 24.7 Å². The first kappa shape index (κ1) is 24.7. The maximum atomic E-state index is 9.81. The zero-order chi connectivity index (χ0) is 20.6. The van der Waals surface area contributed by atoms with Crippen LogP contribution in [0.3, 0.4) is 0 Å². The normalized spacial score (nSPS) is 33.5. The molecule has 0 aromatic carbocycles. The second-order valence-electron chi connectivity index (χ2n) is 9.67. The molecule has 2 aliphatic rings. The quantitative estimate of drug-likeness (QED) is 0.312. The Balaban J connectivity index is 2.20. The fraction of sp³-hybridized carbons (Fsp3) is 0.917. The van der Waals surface area contributed by atoms with Gasteiger partial charge >= 0.3 is 179 Å². The molecular formula is C24H46O3Sn. The van der Waals surface area contributed by atoms with Crippen molar-refractivity contribution in [3.8, 4) is 0 Å². The van der Waals surface area contributed by atoms with E-state index in [1.807, 2.05) is 0 Å². The summed E-state index contributed by atoms with van der Waals surface area (Å²) < 4.78 is 20.0. The van der Waals surface area contributed by atoms with Gasteiger partial charge in [-0.25, -0.2) is 0 Å². The Morgan fingerprint density at radius 2 is 1.57 bits per heavy atom. The van der Waals surface area contributed by atoms with Gasteiger partial charge in [-0.3, -0.25) is 0 Å². The van der Waals surface area contributed by atoms with Crippen LogP contribution >= 0.6 is 0 Å². The van der Waals surface area contributed by atoms with E-state index < -0.39 is 24.2 Å². The van der Waals surface area contributed by atoms with Crippen molar-refractivity contribution < 1.29 is 14.6 Å². The van der Waals surface area contributed by atoms with Gasteiger partial charge in [-0.15, -0.1) is 0 Å². The van der Waals surface area contributed by atoms with Crippen LogP contribution in [0.4, 0.5) is 0 Å². The summed E-state index contributed by atoms with van der Waals surface area (Å²) in [6, 6.07) is 0. The molecule has 0 radical (unpaired) electrons. The third-order valence-corrected chi connectivity index (χ3v) is 21.3. The molecule has 1 N–H and O–H groups in total. The predicted octanol–water partition coefficient (Wildman–Crippen LogP) is 6.47. The topological polar surface area (TPSA) is 38.7 Å². The minimum absolute atomic E-state index is 0.124. The van der Waals surface area contributed by atoms with Gasteiger partial charge in [0.25, 0.3) is 0 Å². The Hall–Kier alpha value is 0.419. The summed E-state index contributed by atoms with van der Waals surface area (Å²) >= 11 is -2.29. The fourth-order valence-corrected chi connectivity index (χ4v) is 19.5. The van der Waals surface area contributed by atoms with E-state index in [4.69, 9.17) is 9.47 Å². The van der Waals surface area contributed by atoms with Crippen molar-refractivity contribution in [1.29, 1.82) is 0 Å². The van der Waals surface area contributed by atoms with Gasteiger partial charge in [0, 0.05) is 0 Å². The molecule has 2 rings (SSSR count). The minimum atomic E-state index is -2.29. The third kappa shape index (κ3) is 6.46. The zero-order valence-electron chi connectivity index (χ0n) is 19.2. The first-order chi connectivity index (χ1) is 13.4. The molecule has 2 saturated heterocycles. The number of aliphatic hydroxyl groups is 1. The average molecular weight is 501 g/mol. The molecule has 0 spiro atoms. The Morgan fingerprint density at radius 1 is 1.00 bits per heavy atom. The Labute approximate surface area is 178 Å². The van der Waals surface area contributed by atoms with E-state index in [9.17, 15) is 5.11 Å². The molecule has 4 heteroatoms. The van der Waals surface area contributed by atoms with Crippen LogP contribution in [0.2, 0.25) is 13.3 Å². The molecule has 0 amide bonds. The predicted molar refractivity (Wildman–Crippen MR) is 121 cm³/mol. The molecule has 0 aliphatic carbocycles. The standard InChI is InChI=1S/C12H19O3.3C4H9.Sn/c1-4-10-8(2)11-9(7-13)5-6-12(3,14-10)15-11;3*1-3-4-2;/h1,4,8-11,13H,5-7H2,2-3H3;3*1,3-4H2,2H3;/t8-,9-,10-,11+,12?;;;;/m0..../s1. The number of aliphatic hydroxyl groups excluding tert-OH is 1. The van der Waals surface area contributed by atoms with Crippen LogP contribution in [0.5, 0.6) is 0 Å². The molecule has 2 aliphatic heterocycles. The molecule has 0 aromatic heterocycles. The summed E-state index contributed by atoms with van der Waals surface area (Å²) in [5, 5.41) is 9.81. The van der Waals surface area contributed by atoms with Gasteiger partial charge in [0.1, 0.15) is 0 Å². The van der Waals surface area contributed by atoms with Crippen LogP contribution in [0, 0.1) is 11.8 Å². The van der Waals surface area contributed by atoms with Crippen molar-refractivity contribution >= 4 is 18.4 Å². The molecule has 2 heterocycles. The van der Waals surface area contributed by atoms with Gasteiger partial charge in [-0.2, -0.15) is 0 Å². The second-order valence-corrected chi connectivity index (χ2v) is 22.7. The summed E-state index contributed by atoms with van der Waals surface area (Å²) in [6.45, 7) is 11.6. The molecule has 2 fully saturated rings. The van der Waals surface area contributed by atoms with E-state index in [0.717, 1.165) is 12.8 Å². The van der Waals surface area contributed by atoms with Crippen LogP contribution in [-0.2, 0) is 9.47 Å². The van der Waals surface area contributed by atoms with Gasteiger partial charge in [0.05, 0.1) is 0 Å². The van der Waals surface area contributed by atoms with Gasteiger partial charge in [-0.1, -0.05) is 0 Å². The summed E-state index contributed by atoms with van der Waals surface area (Å²) in [7, 11) is 0. The molecule has 28 heavy (non-hydrogen) atoms. The van der Waals surface area contributed by atoms with E-state index in [0.29, 0.717) is 5.92 Å². The molecule has 0 aromatic rings. The Morgan fingerprint density at radius 3 is 2.07 bits per heavy atom. The first-order valence-electron chi connectivity index (χ1n) is 12.1. The molecule has 1 unspecified atom stereocenters. The summed E-state index contributed by atoms with van der Waals surface area (Å²) in [4.78, 5) is 0. The summed E-state index contributed by atoms with van der Waals surface area (Å²) in [5.74, 6) is 0.109. The molecule has 164 valence electrons. The van der Waals surface area contributed by atoms with E-state index >= 15 is 0 Å². The van der Waals surface area contributed by atoms with Crippen molar-refractivity contribution in [2.24, 2.45) is 11.8 Å². The van der Waals surface area contributed by atoms with E-state index in [1.165, 1.54) is 51.8 Å². The Bertz CT molecular complexity index is 459. The number of rotatable bonds is 12. The van der Waals surface area contributed by atoms with Crippen molar-refractivity contribution in [3.63, 3.8) is 0 Å². The molecule has 5 atom stereocenters. The van der Waals surface area contributed by atoms with Gasteiger partial charge in [0.15, 0.2) is 0 Å². The van der Waals surface area contributed by atoms with Crippen LogP contribution in [-0.4, -0.2) is 48.1 Å². The van der Waals surface area contributed by atoms with Gasteiger partial charge in [-0.05, 0) is 0 Å². The van der Waals surface area contributed by atoms with Gasteiger partial charge in [0.2, 0.25) is 0 Å². The number of hydrogen-bond acceptors (Lipinski definition) is 3. The number of fused-ring (bicyclic) bond motifs is 2. The van der Waals surface area contributed by atoms with E-state index in [1.54, 1.807) is 0 Å². The third-order valence-electron chi connectivity index (χ3n) is 7.20. The molecule has 0 saturated carbocycles. The van der Waals surface area contributed by atoms with E-state index in [2.05, 4.69) is 44.8 Å². The summed E-state index contributed by atoms with van der Waals surface area (Å²) in [5.41, 5.74) is 0. The monoisotopic (exact) mass is 502 g/mol. The maximum absolute atomic E-state index is 9.81. The second kappa shape index (κ2) is 11.7. The van der Waals surface area contributed by atoms with Crippen molar-refractivity contribution in [3.05, 3.63) is 10.2 Å². The summed E-state index contributed by atoms with van der Waals surface area (Å²) in [6.07, 6.45) is 12.7. The van der Waals surface area contributed by atoms with Gasteiger partial charge < -0.3 is 0 Å². The number of hydrogen-bond donors (Lipinski definition) is 1.